The van der Waals surface area contributed by atoms with Gasteiger partial charge in [0.15, 0.2) is 0 Å². The highest BCUT2D eigenvalue weighted by Gasteiger charge is 2.37. The zero-order valence-electron chi connectivity index (χ0n) is 19.7. The van der Waals surface area contributed by atoms with Crippen LogP contribution in [0, 0.1) is 17.8 Å². The highest BCUT2D eigenvalue weighted by Crippen LogP contribution is 2.49. The van der Waals surface area contributed by atoms with Gasteiger partial charge in [0.05, 0.1) is 0 Å². The average molecular weight is 390 g/mol. The molecule has 0 aromatic heterocycles. The lowest BCUT2D eigenvalue weighted by Gasteiger charge is -2.44. The van der Waals surface area contributed by atoms with Crippen LogP contribution in [0.1, 0.15) is 130 Å². The Morgan fingerprint density at radius 3 is 2.11 bits per heavy atom. The van der Waals surface area contributed by atoms with E-state index in [1.54, 1.807) is 0 Å². The molecule has 164 valence electrons. The molecule has 2 aliphatic carbocycles. The van der Waals surface area contributed by atoms with Crippen molar-refractivity contribution in [2.24, 2.45) is 17.8 Å². The van der Waals surface area contributed by atoms with E-state index in [4.69, 9.17) is 0 Å². The molecule has 2 unspecified atom stereocenters. The highest BCUT2D eigenvalue weighted by molar-refractivity contribution is 5.27. The summed E-state index contributed by atoms with van der Waals surface area (Å²) in [6.07, 6.45) is 24.6. The maximum absolute atomic E-state index is 3.74. The maximum Gasteiger partial charge on any atom is 0.00169 e. The van der Waals surface area contributed by atoms with Gasteiger partial charge in [-0.3, -0.25) is 0 Å². The molecule has 28 heavy (non-hydrogen) atoms. The van der Waals surface area contributed by atoms with Crippen LogP contribution >= 0.6 is 0 Å². The Labute approximate surface area is 177 Å². The van der Waals surface area contributed by atoms with E-state index in [-0.39, 0.29) is 0 Å². The van der Waals surface area contributed by atoms with Crippen molar-refractivity contribution in [1.29, 1.82) is 0 Å². The summed E-state index contributed by atoms with van der Waals surface area (Å²) in [5.41, 5.74) is 3.88. The fourth-order valence-corrected chi connectivity index (χ4v) is 5.51. The minimum atomic E-state index is 0.838. The van der Waals surface area contributed by atoms with Crippen LogP contribution < -0.4 is 5.32 Å². The molecule has 0 radical (unpaired) electrons. The minimum Gasteiger partial charge on any atom is -0.316 e. The fourth-order valence-electron chi connectivity index (χ4n) is 5.51. The molecule has 2 fully saturated rings. The lowest BCUT2D eigenvalue weighted by molar-refractivity contribution is 0.174. The van der Waals surface area contributed by atoms with Gasteiger partial charge in [0, 0.05) is 6.54 Å². The van der Waals surface area contributed by atoms with Crippen LogP contribution in [0.2, 0.25) is 0 Å². The molecule has 2 rings (SSSR count). The molecule has 0 spiro atoms. The van der Waals surface area contributed by atoms with Crippen molar-refractivity contribution >= 4 is 0 Å². The van der Waals surface area contributed by atoms with E-state index in [1.807, 2.05) is 11.1 Å². The van der Waals surface area contributed by atoms with Crippen LogP contribution in [0.3, 0.4) is 0 Å². The van der Waals surface area contributed by atoms with Crippen molar-refractivity contribution < 1.29 is 0 Å². The smallest absolute Gasteiger partial charge is 0.00169 e. The first kappa shape index (κ1) is 24.0. The van der Waals surface area contributed by atoms with E-state index < -0.39 is 0 Å². The Hall–Kier alpha value is -0.300. The number of unbranched alkanes of at least 4 members (excludes halogenated alkanes) is 8. The largest absolute Gasteiger partial charge is 0.316 e. The first-order valence-electron chi connectivity index (χ1n) is 13.2. The zero-order chi connectivity index (χ0) is 20.0. The summed E-state index contributed by atoms with van der Waals surface area (Å²) < 4.78 is 0. The molecule has 3 atom stereocenters. The quantitative estimate of drug-likeness (QED) is 0.194. The van der Waals surface area contributed by atoms with Crippen molar-refractivity contribution in [3.05, 3.63) is 11.1 Å². The van der Waals surface area contributed by atoms with Crippen molar-refractivity contribution in [3.8, 4) is 0 Å². The second-order valence-corrected chi connectivity index (χ2v) is 9.77. The second kappa shape index (κ2) is 14.6. The topological polar surface area (TPSA) is 12.0 Å². The Bertz CT molecular complexity index is 418. The SMILES string of the molecule is CCCCCCCC[C@H](CNCC)C(=C1CCC1)C1CCC1CCCCCC. The molecule has 0 bridgehead atoms. The van der Waals surface area contributed by atoms with Crippen molar-refractivity contribution in [3.63, 3.8) is 0 Å². The highest BCUT2D eigenvalue weighted by atomic mass is 14.8. The first-order chi connectivity index (χ1) is 13.8. The molecule has 0 heterocycles. The van der Waals surface area contributed by atoms with Crippen LogP contribution in [0.4, 0.5) is 0 Å². The maximum atomic E-state index is 3.74. The van der Waals surface area contributed by atoms with Crippen LogP contribution in [0.15, 0.2) is 11.1 Å². The molecule has 0 aromatic carbocycles. The number of hydrogen-bond acceptors (Lipinski definition) is 1. The van der Waals surface area contributed by atoms with E-state index in [0.717, 1.165) is 24.3 Å². The van der Waals surface area contributed by atoms with Gasteiger partial charge in [-0.05, 0) is 69.2 Å². The Morgan fingerprint density at radius 2 is 1.54 bits per heavy atom. The Kier molecular flexibility index (Phi) is 12.5. The van der Waals surface area contributed by atoms with Gasteiger partial charge in [0.1, 0.15) is 0 Å². The Morgan fingerprint density at radius 1 is 0.857 bits per heavy atom. The number of hydrogen-bond donors (Lipinski definition) is 1. The number of allylic oxidation sites excluding steroid dienone is 1. The van der Waals surface area contributed by atoms with Gasteiger partial charge < -0.3 is 5.32 Å². The van der Waals surface area contributed by atoms with Gasteiger partial charge in [-0.25, -0.2) is 0 Å². The third-order valence-corrected chi connectivity index (χ3v) is 7.60. The lowest BCUT2D eigenvalue weighted by atomic mass is 9.61. The molecule has 0 aromatic rings. The lowest BCUT2D eigenvalue weighted by Crippen LogP contribution is -2.35. The second-order valence-electron chi connectivity index (χ2n) is 9.77. The van der Waals surface area contributed by atoms with Gasteiger partial charge in [-0.15, -0.1) is 0 Å². The Balaban J connectivity index is 1.91. The van der Waals surface area contributed by atoms with E-state index in [9.17, 15) is 0 Å². The number of nitrogens with one attached hydrogen (secondary N) is 1. The molecular formula is C27H51N. The molecule has 1 heteroatoms. The summed E-state index contributed by atoms with van der Waals surface area (Å²) in [5.74, 6) is 2.82. The first-order valence-corrected chi connectivity index (χ1v) is 13.2. The fraction of sp³-hybridized carbons (Fsp3) is 0.926. The summed E-state index contributed by atoms with van der Waals surface area (Å²) in [6, 6.07) is 0. The van der Waals surface area contributed by atoms with Crippen LogP contribution in [-0.4, -0.2) is 13.1 Å². The summed E-state index contributed by atoms with van der Waals surface area (Å²) >= 11 is 0. The third-order valence-electron chi connectivity index (χ3n) is 7.60. The predicted octanol–water partition coefficient (Wildman–Crippen LogP) is 8.44. The normalized spacial score (nSPS) is 22.6. The number of rotatable bonds is 17. The van der Waals surface area contributed by atoms with Crippen molar-refractivity contribution in [2.45, 2.75) is 130 Å². The van der Waals surface area contributed by atoms with Crippen LogP contribution in [0.5, 0.6) is 0 Å². The van der Waals surface area contributed by atoms with Gasteiger partial charge in [-0.1, -0.05) is 96.1 Å². The van der Waals surface area contributed by atoms with E-state index in [2.05, 4.69) is 26.1 Å². The van der Waals surface area contributed by atoms with Gasteiger partial charge in [0.25, 0.3) is 0 Å². The molecule has 0 amide bonds. The molecule has 0 saturated heterocycles. The molecule has 2 aliphatic rings. The molecule has 0 aliphatic heterocycles. The standard InChI is InChI=1S/C27H51N/c1-4-7-9-11-12-14-17-25(22-28-6-3)27(24-18-15-19-24)26-21-20-23(26)16-13-10-8-5-2/h23,25-26,28H,4-22H2,1-3H3/t23?,25-,26?/m1/s1. The van der Waals surface area contributed by atoms with E-state index in [0.29, 0.717) is 0 Å². The predicted molar refractivity (Wildman–Crippen MR) is 126 cm³/mol. The summed E-state index contributed by atoms with van der Waals surface area (Å²) in [4.78, 5) is 0. The van der Waals surface area contributed by atoms with Crippen molar-refractivity contribution in [1.82, 2.24) is 5.32 Å². The van der Waals surface area contributed by atoms with Crippen LogP contribution in [-0.2, 0) is 0 Å². The molecule has 1 N–H and O–H groups in total. The van der Waals surface area contributed by atoms with Gasteiger partial charge in [-0.2, -0.15) is 0 Å². The van der Waals surface area contributed by atoms with Crippen molar-refractivity contribution in [2.75, 3.05) is 13.1 Å². The van der Waals surface area contributed by atoms with E-state index in [1.165, 1.54) is 116 Å². The summed E-state index contributed by atoms with van der Waals surface area (Å²) in [6.45, 7) is 9.29. The van der Waals surface area contributed by atoms with Gasteiger partial charge >= 0.3 is 0 Å². The summed E-state index contributed by atoms with van der Waals surface area (Å²) in [7, 11) is 0. The monoisotopic (exact) mass is 389 g/mol. The average Bonchev–Trinajstić information content (AvgIpc) is 2.64. The summed E-state index contributed by atoms with van der Waals surface area (Å²) in [5, 5.41) is 3.74. The minimum absolute atomic E-state index is 0.838. The van der Waals surface area contributed by atoms with Gasteiger partial charge in [0.2, 0.25) is 0 Å². The van der Waals surface area contributed by atoms with E-state index >= 15 is 0 Å². The molecular weight excluding hydrogens is 338 g/mol. The van der Waals surface area contributed by atoms with Crippen LogP contribution in [0.25, 0.3) is 0 Å². The molecule has 1 nitrogen and oxygen atoms in total. The molecule has 2 saturated carbocycles. The zero-order valence-corrected chi connectivity index (χ0v) is 19.7. The third kappa shape index (κ3) is 7.85.